The Bertz CT molecular complexity index is 1010. The van der Waals surface area contributed by atoms with Gasteiger partial charge >= 0.3 is 0 Å². The zero-order valence-corrected chi connectivity index (χ0v) is 18.7. The number of hydrogen-bond donors (Lipinski definition) is 0. The number of rotatable bonds is 9. The first-order valence-corrected chi connectivity index (χ1v) is 10.9. The third-order valence-corrected chi connectivity index (χ3v) is 5.84. The van der Waals surface area contributed by atoms with Crippen LogP contribution in [0, 0.1) is 20.8 Å². The molecular weight excluding hydrogens is 392 g/mol. The molecule has 0 saturated carbocycles. The third kappa shape index (κ3) is 5.80. The molecule has 0 aliphatic carbocycles. The van der Waals surface area contributed by atoms with Crippen molar-refractivity contribution in [3.63, 3.8) is 0 Å². The SMILES string of the molecule is C=CCN(Cc1csc(COc2cc(C)cc(C)c2C)n1)C(=O)Cc1ccccc1. The highest BCUT2D eigenvalue weighted by molar-refractivity contribution is 7.09. The zero-order chi connectivity index (χ0) is 21.5. The molecule has 0 unspecified atom stereocenters. The highest BCUT2D eigenvalue weighted by Gasteiger charge is 2.15. The number of thiazole rings is 1. The van der Waals surface area contributed by atoms with Crippen molar-refractivity contribution >= 4 is 17.2 Å². The van der Waals surface area contributed by atoms with E-state index in [9.17, 15) is 4.79 Å². The summed E-state index contributed by atoms with van der Waals surface area (Å²) in [4.78, 5) is 19.2. The molecule has 0 N–H and O–H groups in total. The van der Waals surface area contributed by atoms with Gasteiger partial charge in [0.05, 0.1) is 18.7 Å². The summed E-state index contributed by atoms with van der Waals surface area (Å²) in [5.74, 6) is 0.966. The maximum absolute atomic E-state index is 12.8. The molecule has 1 heterocycles. The molecule has 30 heavy (non-hydrogen) atoms. The van der Waals surface area contributed by atoms with E-state index in [4.69, 9.17) is 4.74 Å². The fourth-order valence-corrected chi connectivity index (χ4v) is 3.96. The lowest BCUT2D eigenvalue weighted by atomic mass is 10.1. The zero-order valence-electron chi connectivity index (χ0n) is 17.9. The predicted molar refractivity (Wildman–Crippen MR) is 123 cm³/mol. The molecule has 1 aromatic heterocycles. The van der Waals surface area contributed by atoms with Crippen LogP contribution >= 0.6 is 11.3 Å². The summed E-state index contributed by atoms with van der Waals surface area (Å²) >= 11 is 1.56. The van der Waals surface area contributed by atoms with E-state index >= 15 is 0 Å². The maximum Gasteiger partial charge on any atom is 0.227 e. The van der Waals surface area contributed by atoms with Crippen molar-refractivity contribution in [2.45, 2.75) is 40.3 Å². The molecule has 1 amide bonds. The number of benzene rings is 2. The lowest BCUT2D eigenvalue weighted by Gasteiger charge is -2.20. The second-order valence-corrected chi connectivity index (χ2v) is 8.39. The van der Waals surface area contributed by atoms with E-state index < -0.39 is 0 Å². The number of carbonyl (C=O) groups is 1. The van der Waals surface area contributed by atoms with E-state index in [2.05, 4.69) is 44.5 Å². The molecule has 0 aliphatic heterocycles. The summed E-state index contributed by atoms with van der Waals surface area (Å²) in [7, 11) is 0. The van der Waals surface area contributed by atoms with Gasteiger partial charge in [-0.05, 0) is 49.1 Å². The van der Waals surface area contributed by atoms with E-state index in [1.54, 1.807) is 22.3 Å². The standard InChI is InChI=1S/C25H28N2O2S/c1-5-11-27(25(28)14-21-9-7-6-8-10-21)15-22-17-30-24(26-22)16-29-23-13-18(2)12-19(3)20(23)4/h5-10,12-13,17H,1,11,14-16H2,2-4H3. The Morgan fingerprint density at radius 1 is 1.20 bits per heavy atom. The third-order valence-electron chi connectivity index (χ3n) is 4.97. The van der Waals surface area contributed by atoms with Gasteiger partial charge in [0.2, 0.25) is 5.91 Å². The minimum atomic E-state index is 0.0674. The first-order valence-electron chi connectivity index (χ1n) is 10.0. The van der Waals surface area contributed by atoms with Crippen LogP contribution in [0.4, 0.5) is 0 Å². The number of aromatic nitrogens is 1. The van der Waals surface area contributed by atoms with Crippen LogP contribution in [0.3, 0.4) is 0 Å². The van der Waals surface area contributed by atoms with Crippen LogP contribution in [-0.2, 0) is 24.4 Å². The monoisotopic (exact) mass is 420 g/mol. The smallest absolute Gasteiger partial charge is 0.227 e. The molecule has 0 atom stereocenters. The van der Waals surface area contributed by atoms with Gasteiger partial charge in [0.25, 0.3) is 0 Å². The summed E-state index contributed by atoms with van der Waals surface area (Å²) in [5.41, 5.74) is 5.44. The number of aryl methyl sites for hydroxylation is 2. The molecule has 4 nitrogen and oxygen atoms in total. The van der Waals surface area contributed by atoms with Crippen molar-refractivity contribution in [2.24, 2.45) is 0 Å². The molecule has 0 saturated heterocycles. The predicted octanol–water partition coefficient (Wildman–Crippen LogP) is 5.40. The molecule has 0 radical (unpaired) electrons. The second kappa shape index (κ2) is 10.2. The van der Waals surface area contributed by atoms with Crippen molar-refractivity contribution < 1.29 is 9.53 Å². The Hall–Kier alpha value is -2.92. The summed E-state index contributed by atoms with van der Waals surface area (Å²) in [5, 5.41) is 2.90. The van der Waals surface area contributed by atoms with Crippen molar-refractivity contribution in [3.8, 4) is 5.75 Å². The Morgan fingerprint density at radius 3 is 2.70 bits per heavy atom. The number of amides is 1. The van der Waals surface area contributed by atoms with Crippen LogP contribution in [0.25, 0.3) is 0 Å². The van der Waals surface area contributed by atoms with Gasteiger partial charge in [-0.2, -0.15) is 0 Å². The van der Waals surface area contributed by atoms with Gasteiger partial charge in [0.15, 0.2) is 0 Å². The summed E-state index contributed by atoms with van der Waals surface area (Å²) < 4.78 is 6.03. The van der Waals surface area contributed by atoms with Crippen LogP contribution in [-0.4, -0.2) is 22.3 Å². The highest BCUT2D eigenvalue weighted by Crippen LogP contribution is 2.25. The van der Waals surface area contributed by atoms with E-state index in [0.29, 0.717) is 26.1 Å². The van der Waals surface area contributed by atoms with E-state index in [1.807, 2.05) is 35.7 Å². The van der Waals surface area contributed by atoms with Crippen molar-refractivity contribution in [1.82, 2.24) is 9.88 Å². The minimum Gasteiger partial charge on any atom is -0.486 e. The van der Waals surface area contributed by atoms with Gasteiger partial charge in [-0.25, -0.2) is 4.98 Å². The topological polar surface area (TPSA) is 42.4 Å². The Kier molecular flexibility index (Phi) is 7.41. The number of nitrogens with zero attached hydrogens (tertiary/aromatic N) is 2. The molecule has 0 fully saturated rings. The Labute approximate surface area is 182 Å². The van der Waals surface area contributed by atoms with Gasteiger partial charge in [-0.15, -0.1) is 17.9 Å². The van der Waals surface area contributed by atoms with E-state index in [1.165, 1.54) is 11.1 Å². The number of hydrogen-bond acceptors (Lipinski definition) is 4. The second-order valence-electron chi connectivity index (χ2n) is 7.45. The van der Waals surface area contributed by atoms with Crippen LogP contribution in [0.5, 0.6) is 5.75 Å². The van der Waals surface area contributed by atoms with Crippen molar-refractivity contribution in [1.29, 1.82) is 0 Å². The lowest BCUT2D eigenvalue weighted by Crippen LogP contribution is -2.32. The van der Waals surface area contributed by atoms with Crippen LogP contribution in [0.15, 0.2) is 60.5 Å². The van der Waals surface area contributed by atoms with Gasteiger partial charge < -0.3 is 9.64 Å². The fourth-order valence-electron chi connectivity index (χ4n) is 3.27. The molecular formula is C25H28N2O2S. The molecule has 3 aromatic rings. The fraction of sp³-hybridized carbons (Fsp3) is 0.280. The molecule has 156 valence electrons. The average molecular weight is 421 g/mol. The maximum atomic E-state index is 12.8. The molecule has 2 aromatic carbocycles. The molecule has 0 spiro atoms. The Morgan fingerprint density at radius 2 is 1.97 bits per heavy atom. The average Bonchev–Trinajstić information content (AvgIpc) is 3.17. The Balaban J connectivity index is 1.62. The van der Waals surface area contributed by atoms with Crippen LogP contribution in [0.2, 0.25) is 0 Å². The van der Waals surface area contributed by atoms with Crippen molar-refractivity contribution in [2.75, 3.05) is 6.54 Å². The number of ether oxygens (including phenoxy) is 1. The molecule has 0 bridgehead atoms. The largest absolute Gasteiger partial charge is 0.486 e. The normalized spacial score (nSPS) is 10.6. The highest BCUT2D eigenvalue weighted by atomic mass is 32.1. The first kappa shape index (κ1) is 21.8. The van der Waals surface area contributed by atoms with Crippen molar-refractivity contribution in [3.05, 3.63) is 93.5 Å². The van der Waals surface area contributed by atoms with Gasteiger partial charge in [0.1, 0.15) is 17.4 Å². The van der Waals surface area contributed by atoms with Gasteiger partial charge in [-0.3, -0.25) is 4.79 Å². The first-order chi connectivity index (χ1) is 14.5. The summed E-state index contributed by atoms with van der Waals surface area (Å²) in [6, 6.07) is 14.0. The minimum absolute atomic E-state index is 0.0674. The van der Waals surface area contributed by atoms with E-state index in [0.717, 1.165) is 27.6 Å². The van der Waals surface area contributed by atoms with Crippen LogP contribution < -0.4 is 4.74 Å². The molecule has 5 heteroatoms. The summed E-state index contributed by atoms with van der Waals surface area (Å²) in [6.45, 7) is 11.4. The van der Waals surface area contributed by atoms with E-state index in [-0.39, 0.29) is 5.91 Å². The number of carbonyl (C=O) groups excluding carboxylic acids is 1. The molecule has 0 aliphatic rings. The van der Waals surface area contributed by atoms with Crippen LogP contribution in [0.1, 0.15) is 33.0 Å². The molecule has 3 rings (SSSR count). The van der Waals surface area contributed by atoms with Gasteiger partial charge in [-0.1, -0.05) is 42.5 Å². The lowest BCUT2D eigenvalue weighted by molar-refractivity contribution is -0.130. The summed E-state index contributed by atoms with van der Waals surface area (Å²) in [6.07, 6.45) is 2.13. The quantitative estimate of drug-likeness (QED) is 0.435. The van der Waals surface area contributed by atoms with Gasteiger partial charge in [0, 0.05) is 11.9 Å².